The van der Waals surface area contributed by atoms with Crippen LogP contribution in [0.2, 0.25) is 0 Å². The molecule has 0 aliphatic carbocycles. The van der Waals surface area contributed by atoms with Crippen molar-refractivity contribution < 1.29 is 14.3 Å². The van der Waals surface area contributed by atoms with Crippen molar-refractivity contribution in [1.82, 2.24) is 0 Å². The molecule has 154 valence electrons. The molecule has 3 rings (SSSR count). The molecular formula is C25H30O3S. The molecule has 1 aromatic heterocycles. The number of ether oxygens (including phenoxy) is 2. The number of carbonyl (C=O) groups is 1. The van der Waals surface area contributed by atoms with Gasteiger partial charge in [-0.1, -0.05) is 50.9 Å². The standard InChI is InChI=1S/C25H30O3S/c1-7-9-22(26)27-23-13-12-19(29-23)11-10-18-14-20-21(15-17(18)8-2)28-25(5,6)16-24(20,3)4/h12-15H,7-9,16H2,1-6H3. The van der Waals surface area contributed by atoms with Crippen molar-refractivity contribution in [2.75, 3.05) is 0 Å². The van der Waals surface area contributed by atoms with Crippen LogP contribution in [-0.4, -0.2) is 11.6 Å². The van der Waals surface area contributed by atoms with Crippen molar-refractivity contribution in [1.29, 1.82) is 0 Å². The molecule has 0 radical (unpaired) electrons. The number of esters is 1. The monoisotopic (exact) mass is 410 g/mol. The van der Waals surface area contributed by atoms with E-state index >= 15 is 0 Å². The van der Waals surface area contributed by atoms with Gasteiger partial charge in [-0.25, -0.2) is 0 Å². The molecule has 0 saturated heterocycles. The van der Waals surface area contributed by atoms with Gasteiger partial charge in [0.05, 0.1) is 4.88 Å². The van der Waals surface area contributed by atoms with E-state index < -0.39 is 0 Å². The summed E-state index contributed by atoms with van der Waals surface area (Å²) in [5.41, 5.74) is 3.32. The van der Waals surface area contributed by atoms with Crippen LogP contribution >= 0.6 is 11.3 Å². The number of thiophene rings is 1. The van der Waals surface area contributed by atoms with Crippen LogP contribution in [0.5, 0.6) is 10.8 Å². The summed E-state index contributed by atoms with van der Waals surface area (Å²) < 4.78 is 11.6. The Morgan fingerprint density at radius 3 is 2.62 bits per heavy atom. The summed E-state index contributed by atoms with van der Waals surface area (Å²) in [5, 5.41) is 0.602. The SMILES string of the molecule is CCCC(=O)Oc1ccc(C#Cc2cc3c(cc2CC)OC(C)(C)CC3(C)C)s1. The number of hydrogen-bond donors (Lipinski definition) is 0. The summed E-state index contributed by atoms with van der Waals surface area (Å²) in [6.45, 7) is 13.0. The Balaban J connectivity index is 1.90. The van der Waals surface area contributed by atoms with Gasteiger partial charge in [-0.15, -0.1) is 0 Å². The molecule has 0 bridgehead atoms. The second kappa shape index (κ2) is 8.24. The number of benzene rings is 1. The number of fused-ring (bicyclic) bond motifs is 1. The molecule has 0 amide bonds. The van der Waals surface area contributed by atoms with Crippen molar-refractivity contribution >= 4 is 17.3 Å². The number of aryl methyl sites for hydroxylation is 1. The van der Waals surface area contributed by atoms with Gasteiger partial charge in [0.1, 0.15) is 11.4 Å². The minimum absolute atomic E-state index is 0.0311. The van der Waals surface area contributed by atoms with Gasteiger partial charge >= 0.3 is 5.97 Å². The van der Waals surface area contributed by atoms with E-state index in [1.807, 2.05) is 19.1 Å². The van der Waals surface area contributed by atoms with Crippen LogP contribution in [0, 0.1) is 11.8 Å². The topological polar surface area (TPSA) is 35.5 Å². The fourth-order valence-corrected chi connectivity index (χ4v) is 4.80. The zero-order chi connectivity index (χ0) is 21.2. The van der Waals surface area contributed by atoms with Gasteiger partial charge in [0.2, 0.25) is 0 Å². The maximum atomic E-state index is 11.7. The predicted octanol–water partition coefficient (Wildman–Crippen LogP) is 6.25. The average molecular weight is 411 g/mol. The molecule has 2 aromatic rings. The number of hydrogen-bond acceptors (Lipinski definition) is 4. The number of rotatable bonds is 4. The van der Waals surface area contributed by atoms with Gasteiger partial charge in [0.25, 0.3) is 0 Å². The Labute approximate surface area is 178 Å². The van der Waals surface area contributed by atoms with Crippen LogP contribution < -0.4 is 9.47 Å². The highest BCUT2D eigenvalue weighted by Crippen LogP contribution is 2.45. The lowest BCUT2D eigenvalue weighted by molar-refractivity contribution is -0.134. The van der Waals surface area contributed by atoms with E-state index in [0.29, 0.717) is 11.5 Å². The van der Waals surface area contributed by atoms with Gasteiger partial charge < -0.3 is 9.47 Å². The molecule has 1 aliphatic heterocycles. The van der Waals surface area contributed by atoms with Crippen molar-refractivity contribution in [2.24, 2.45) is 0 Å². The number of carbonyl (C=O) groups excluding carboxylic acids is 1. The lowest BCUT2D eigenvalue weighted by Crippen LogP contribution is -2.41. The lowest BCUT2D eigenvalue weighted by atomic mass is 9.73. The average Bonchev–Trinajstić information content (AvgIpc) is 3.05. The molecule has 4 heteroatoms. The van der Waals surface area contributed by atoms with Crippen LogP contribution in [0.15, 0.2) is 24.3 Å². The van der Waals surface area contributed by atoms with Gasteiger partial charge in [-0.2, -0.15) is 0 Å². The first kappa shape index (κ1) is 21.5. The van der Waals surface area contributed by atoms with E-state index in [1.165, 1.54) is 22.5 Å². The molecule has 0 fully saturated rings. The molecule has 0 N–H and O–H groups in total. The van der Waals surface area contributed by atoms with Crippen LogP contribution in [0.1, 0.15) is 82.4 Å². The first-order chi connectivity index (χ1) is 13.6. The third kappa shape index (κ3) is 5.03. The summed E-state index contributed by atoms with van der Waals surface area (Å²) in [6.07, 6.45) is 3.07. The van der Waals surface area contributed by atoms with Gasteiger partial charge in [-0.3, -0.25) is 4.79 Å². The zero-order valence-electron chi connectivity index (χ0n) is 18.3. The summed E-state index contributed by atoms with van der Waals surface area (Å²) in [4.78, 5) is 12.6. The van der Waals surface area contributed by atoms with Crippen molar-refractivity contribution in [3.8, 4) is 22.7 Å². The highest BCUT2D eigenvalue weighted by atomic mass is 32.1. The van der Waals surface area contributed by atoms with E-state index in [-0.39, 0.29) is 17.0 Å². The molecule has 0 atom stereocenters. The molecule has 0 spiro atoms. The zero-order valence-corrected chi connectivity index (χ0v) is 19.1. The summed E-state index contributed by atoms with van der Waals surface area (Å²) >= 11 is 1.41. The second-order valence-corrected chi connectivity index (χ2v) is 9.92. The predicted molar refractivity (Wildman–Crippen MR) is 119 cm³/mol. The summed E-state index contributed by atoms with van der Waals surface area (Å²) in [5.74, 6) is 7.38. The summed E-state index contributed by atoms with van der Waals surface area (Å²) in [7, 11) is 0. The highest BCUT2D eigenvalue weighted by molar-refractivity contribution is 7.14. The minimum atomic E-state index is -0.193. The van der Waals surface area contributed by atoms with E-state index in [1.54, 1.807) is 0 Å². The van der Waals surface area contributed by atoms with Crippen molar-refractivity contribution in [3.63, 3.8) is 0 Å². The highest BCUT2D eigenvalue weighted by Gasteiger charge is 2.39. The second-order valence-electron chi connectivity index (χ2n) is 8.87. The third-order valence-corrected chi connectivity index (χ3v) is 6.02. The normalized spacial score (nSPS) is 16.2. The Kier molecular flexibility index (Phi) is 6.10. The van der Waals surface area contributed by atoms with Crippen molar-refractivity contribution in [3.05, 3.63) is 45.8 Å². The maximum absolute atomic E-state index is 11.7. The Bertz CT molecular complexity index is 970. The third-order valence-electron chi connectivity index (χ3n) is 5.14. The smallest absolute Gasteiger partial charge is 0.311 e. The molecule has 1 aromatic carbocycles. The van der Waals surface area contributed by atoms with Crippen LogP contribution in [0.3, 0.4) is 0 Å². The molecule has 0 saturated carbocycles. The maximum Gasteiger partial charge on any atom is 0.311 e. The minimum Gasteiger partial charge on any atom is -0.488 e. The Morgan fingerprint density at radius 2 is 1.93 bits per heavy atom. The van der Waals surface area contributed by atoms with Crippen LogP contribution in [0.25, 0.3) is 0 Å². The molecule has 3 nitrogen and oxygen atoms in total. The molecule has 0 unspecified atom stereocenters. The van der Waals surface area contributed by atoms with Gasteiger partial charge in [0.15, 0.2) is 5.06 Å². The van der Waals surface area contributed by atoms with Crippen molar-refractivity contribution in [2.45, 2.75) is 78.2 Å². The molecular weight excluding hydrogens is 380 g/mol. The summed E-state index contributed by atoms with van der Waals surface area (Å²) in [6, 6.07) is 8.08. The first-order valence-corrected chi connectivity index (χ1v) is 11.1. The molecule has 29 heavy (non-hydrogen) atoms. The van der Waals surface area contributed by atoms with E-state index in [2.05, 4.69) is 58.6 Å². The quantitative estimate of drug-likeness (QED) is 0.441. The van der Waals surface area contributed by atoms with Gasteiger partial charge in [0, 0.05) is 17.5 Å². The molecule has 2 heterocycles. The Hall–Kier alpha value is -2.25. The van der Waals surface area contributed by atoms with E-state index in [0.717, 1.165) is 35.5 Å². The van der Waals surface area contributed by atoms with Gasteiger partial charge in [-0.05, 0) is 68.4 Å². The van der Waals surface area contributed by atoms with Crippen LogP contribution in [0.4, 0.5) is 0 Å². The van der Waals surface area contributed by atoms with E-state index in [4.69, 9.17) is 9.47 Å². The largest absolute Gasteiger partial charge is 0.488 e. The first-order valence-electron chi connectivity index (χ1n) is 10.3. The van der Waals surface area contributed by atoms with E-state index in [9.17, 15) is 4.79 Å². The fraction of sp³-hybridized carbons (Fsp3) is 0.480. The lowest BCUT2D eigenvalue weighted by Gasteiger charge is -2.42. The fourth-order valence-electron chi connectivity index (χ4n) is 4.08. The molecule has 1 aliphatic rings. The Morgan fingerprint density at radius 1 is 1.17 bits per heavy atom. The van der Waals surface area contributed by atoms with Crippen LogP contribution in [-0.2, 0) is 16.6 Å².